The molecule has 0 N–H and O–H groups in total. The van der Waals surface area contributed by atoms with Gasteiger partial charge in [0.05, 0.1) is 0 Å². The maximum absolute atomic E-state index is 11.7. The summed E-state index contributed by atoms with van der Waals surface area (Å²) in [6.07, 6.45) is 14.1. The predicted molar refractivity (Wildman–Crippen MR) is 131 cm³/mol. The van der Waals surface area contributed by atoms with Crippen LogP contribution in [-0.2, 0) is 26.5 Å². The van der Waals surface area contributed by atoms with Crippen molar-refractivity contribution in [3.8, 4) is 0 Å². The molecule has 0 radical (unpaired) electrons. The average Bonchev–Trinajstić information content (AvgIpc) is 2.71. The Morgan fingerprint density at radius 3 is 1.10 bits per heavy atom. The number of hydrogen-bond acceptors (Lipinski definition) is 4. The third-order valence-electron chi connectivity index (χ3n) is 5.86. The van der Waals surface area contributed by atoms with E-state index in [1.54, 1.807) is 0 Å². The molecule has 0 aromatic carbocycles. The second kappa shape index (κ2) is 22.7. The molecule has 4 atom stereocenters. The molecule has 0 heterocycles. The first kappa shape index (κ1) is 36.5. The smallest absolute Gasteiger partial charge is 0.799 e. The molecule has 0 bridgehead atoms. The molecule has 0 saturated heterocycles. The second-order valence-corrected chi connectivity index (χ2v) is 13.9. The van der Waals surface area contributed by atoms with E-state index >= 15 is 0 Å². The maximum Gasteiger partial charge on any atom is 2.00 e. The quantitative estimate of drug-likeness (QED) is 0.179. The summed E-state index contributed by atoms with van der Waals surface area (Å²) in [6, 6.07) is 0. The van der Waals surface area contributed by atoms with Gasteiger partial charge in [-0.2, -0.15) is 0 Å². The molecule has 0 aromatic rings. The minimum absolute atomic E-state index is 0. The summed E-state index contributed by atoms with van der Waals surface area (Å²) < 4.78 is 23.5. The number of hydrogen-bond donors (Lipinski definition) is 0. The number of rotatable bonds is 18. The minimum atomic E-state index is -3.07. The third-order valence-corrected chi connectivity index (χ3v) is 10.0. The molecule has 7 heteroatoms. The van der Waals surface area contributed by atoms with Gasteiger partial charge in [-0.15, -0.1) is 0 Å². The van der Waals surface area contributed by atoms with Crippen molar-refractivity contribution in [1.29, 1.82) is 0 Å². The van der Waals surface area contributed by atoms with Crippen molar-refractivity contribution in [2.75, 3.05) is 24.6 Å². The van der Waals surface area contributed by atoms with Gasteiger partial charge in [0.15, 0.2) is 0 Å². The van der Waals surface area contributed by atoms with Crippen LogP contribution in [0.5, 0.6) is 0 Å². The van der Waals surface area contributed by atoms with Gasteiger partial charge in [0.2, 0.25) is 0 Å². The summed E-state index contributed by atoms with van der Waals surface area (Å²) >= 11 is 0. The molecule has 0 amide bonds. The van der Waals surface area contributed by atoms with Gasteiger partial charge in [-0.25, -0.2) is 0 Å². The Balaban J connectivity index is -0.000000490. The fourth-order valence-corrected chi connectivity index (χ4v) is 8.02. The van der Waals surface area contributed by atoms with E-state index in [1.165, 1.54) is 0 Å². The van der Waals surface area contributed by atoms with Crippen LogP contribution in [0.4, 0.5) is 0 Å². The summed E-state index contributed by atoms with van der Waals surface area (Å²) in [7, 11) is -6.14. The van der Waals surface area contributed by atoms with Crippen LogP contribution in [0.2, 0.25) is 0 Å². The zero-order chi connectivity index (χ0) is 23.5. The van der Waals surface area contributed by atoms with Gasteiger partial charge in [-0.1, -0.05) is 106 Å². The molecule has 0 saturated carbocycles. The monoisotopic (exact) mass is 518 g/mol. The fourth-order valence-electron chi connectivity index (χ4n) is 3.60. The Labute approximate surface area is 205 Å². The molecule has 0 spiro atoms. The second-order valence-electron chi connectivity index (χ2n) is 8.98. The van der Waals surface area contributed by atoms with E-state index in [2.05, 4.69) is 27.7 Å². The summed E-state index contributed by atoms with van der Waals surface area (Å²) in [5, 5.41) is 0. The molecule has 0 aromatic heterocycles. The van der Waals surface area contributed by atoms with Crippen molar-refractivity contribution in [1.82, 2.24) is 0 Å². The van der Waals surface area contributed by atoms with E-state index in [0.29, 0.717) is 36.5 Å². The van der Waals surface area contributed by atoms with Crippen molar-refractivity contribution in [3.05, 3.63) is 0 Å². The Kier molecular flexibility index (Phi) is 26.7. The summed E-state index contributed by atoms with van der Waals surface area (Å²) in [4.78, 5) is 23.5. The standard InChI is InChI=1S/2C12H27O2P.Cr/c2*1-4-7-9-12(6-3)11-15(13,14)10-8-5-2;/h2*12H,4-11H2,1-3H3,(H,13,14);/q;;+2/p-2. The first-order chi connectivity index (χ1) is 14.1. The largest absolute Gasteiger partial charge is 2.00 e. The van der Waals surface area contributed by atoms with Gasteiger partial charge < -0.3 is 18.9 Å². The Bertz CT molecular complexity index is 432. The predicted octanol–water partition coefficient (Wildman–Crippen LogP) is 7.28. The van der Waals surface area contributed by atoms with Crippen molar-refractivity contribution >= 4 is 14.7 Å². The van der Waals surface area contributed by atoms with Gasteiger partial charge >= 0.3 is 17.4 Å². The van der Waals surface area contributed by atoms with Crippen LogP contribution in [0.3, 0.4) is 0 Å². The van der Waals surface area contributed by atoms with Gasteiger partial charge in [-0.3, -0.25) is 0 Å². The summed E-state index contributed by atoms with van der Waals surface area (Å²) in [5.41, 5.74) is 0. The van der Waals surface area contributed by atoms with Gasteiger partial charge in [0.1, 0.15) is 0 Å². The van der Waals surface area contributed by atoms with Gasteiger partial charge in [0.25, 0.3) is 0 Å². The Morgan fingerprint density at radius 1 is 0.581 bits per heavy atom. The van der Waals surface area contributed by atoms with E-state index in [1.807, 2.05) is 13.8 Å². The van der Waals surface area contributed by atoms with Crippen LogP contribution in [0.15, 0.2) is 0 Å². The first-order valence-electron chi connectivity index (χ1n) is 12.7. The molecule has 31 heavy (non-hydrogen) atoms. The molecule has 0 fully saturated rings. The van der Waals surface area contributed by atoms with Gasteiger partial charge in [0, 0.05) is 14.7 Å². The van der Waals surface area contributed by atoms with Crippen molar-refractivity contribution in [2.45, 2.75) is 119 Å². The molecule has 0 aliphatic heterocycles. The SMILES string of the molecule is CCCCC(CC)CP(=O)([O-])CCCC.CCCCC(CC)CP(=O)([O-])CCCC.[Cr+2]. The van der Waals surface area contributed by atoms with Crippen LogP contribution in [0.1, 0.15) is 119 Å². The molecular weight excluding hydrogens is 466 g/mol. The zero-order valence-corrected chi connectivity index (χ0v) is 24.5. The van der Waals surface area contributed by atoms with E-state index in [-0.39, 0.29) is 17.4 Å². The first-order valence-corrected chi connectivity index (χ1v) is 16.7. The summed E-state index contributed by atoms with van der Waals surface area (Å²) in [6.45, 7) is 12.6. The van der Waals surface area contributed by atoms with Crippen LogP contribution in [0.25, 0.3) is 0 Å². The molecule has 0 rings (SSSR count). The average molecular weight is 519 g/mol. The van der Waals surface area contributed by atoms with Crippen molar-refractivity contribution < 1.29 is 36.3 Å². The molecule has 0 aliphatic carbocycles. The molecule has 4 nitrogen and oxygen atoms in total. The van der Waals surface area contributed by atoms with E-state index in [9.17, 15) is 18.9 Å². The van der Waals surface area contributed by atoms with E-state index < -0.39 is 14.7 Å². The third kappa shape index (κ3) is 23.9. The topological polar surface area (TPSA) is 80.3 Å². The van der Waals surface area contributed by atoms with E-state index in [4.69, 9.17) is 0 Å². The Hall–Kier alpha value is 0.912. The molecule has 0 aliphatic rings. The number of unbranched alkanes of at least 4 members (excludes halogenated alkanes) is 4. The molecule has 4 unspecified atom stereocenters. The van der Waals surface area contributed by atoms with Crippen molar-refractivity contribution in [3.63, 3.8) is 0 Å². The van der Waals surface area contributed by atoms with E-state index in [0.717, 1.165) is 77.0 Å². The maximum atomic E-state index is 11.7. The van der Waals surface area contributed by atoms with Crippen LogP contribution in [0, 0.1) is 11.8 Å². The van der Waals surface area contributed by atoms with Crippen molar-refractivity contribution in [2.24, 2.45) is 11.8 Å². The van der Waals surface area contributed by atoms with Crippen LogP contribution in [-0.4, -0.2) is 24.6 Å². The summed E-state index contributed by atoms with van der Waals surface area (Å²) in [5.74, 6) is 0.787. The van der Waals surface area contributed by atoms with Gasteiger partial charge in [-0.05, 0) is 49.3 Å². The fraction of sp³-hybridized carbons (Fsp3) is 1.00. The Morgan fingerprint density at radius 2 is 0.871 bits per heavy atom. The minimum Gasteiger partial charge on any atom is -0.799 e. The molecule has 188 valence electrons. The molecular formula is C24H52CrO4P2. The van der Waals surface area contributed by atoms with Crippen LogP contribution < -0.4 is 9.79 Å². The normalized spacial score (nSPS) is 16.8. The zero-order valence-electron chi connectivity index (χ0n) is 21.4. The van der Waals surface area contributed by atoms with Crippen LogP contribution >= 0.6 is 14.7 Å².